The van der Waals surface area contributed by atoms with Crippen LogP contribution in [0.5, 0.6) is 0 Å². The minimum atomic E-state index is 0.709. The van der Waals surface area contributed by atoms with Crippen molar-refractivity contribution in [3.8, 4) is 0 Å². The summed E-state index contributed by atoms with van der Waals surface area (Å²) in [4.78, 5) is 0. The Balaban J connectivity index is 2.16. The van der Waals surface area contributed by atoms with Gasteiger partial charge in [-0.2, -0.15) is 0 Å². The molecule has 0 bridgehead atoms. The molecule has 0 N–H and O–H groups in total. The van der Waals surface area contributed by atoms with Gasteiger partial charge in [0.15, 0.2) is 0 Å². The van der Waals surface area contributed by atoms with Gasteiger partial charge in [0.2, 0.25) is 0 Å². The summed E-state index contributed by atoms with van der Waals surface area (Å²) in [6.45, 7) is 3.82. The van der Waals surface area contributed by atoms with Crippen LogP contribution in [0, 0.1) is 5.92 Å². The molecule has 0 heterocycles. The topological polar surface area (TPSA) is 9.23 Å². The van der Waals surface area contributed by atoms with E-state index in [2.05, 4.69) is 50.9 Å². The Hall–Kier alpha value is 0.140. The minimum absolute atomic E-state index is 0.709. The second kappa shape index (κ2) is 8.26. The predicted octanol–water partition coefficient (Wildman–Crippen LogP) is 4.78. The quantitative estimate of drug-likeness (QED) is 0.508. The van der Waals surface area contributed by atoms with Crippen LogP contribution in [-0.2, 0) is 11.3 Å². The van der Waals surface area contributed by atoms with Crippen LogP contribution in [-0.4, -0.2) is 11.9 Å². The van der Waals surface area contributed by atoms with E-state index in [0.29, 0.717) is 6.61 Å². The smallest absolute Gasteiger partial charge is 0.0717 e. The zero-order valence-corrected chi connectivity index (χ0v) is 12.8. The summed E-state index contributed by atoms with van der Waals surface area (Å²) < 4.78 is 6.77. The van der Waals surface area contributed by atoms with Crippen LogP contribution in [0.2, 0.25) is 0 Å². The van der Waals surface area contributed by atoms with Gasteiger partial charge in [-0.1, -0.05) is 50.9 Å². The lowest BCUT2D eigenvalue weighted by atomic mass is 10.1. The largest absolute Gasteiger partial charge is 0.377 e. The van der Waals surface area contributed by atoms with E-state index in [0.717, 1.165) is 28.7 Å². The summed E-state index contributed by atoms with van der Waals surface area (Å²) in [5, 5.41) is 1.08. The lowest BCUT2D eigenvalue weighted by Crippen LogP contribution is -2.02. The van der Waals surface area contributed by atoms with E-state index in [1.165, 1.54) is 12.0 Å². The van der Waals surface area contributed by atoms with Gasteiger partial charge in [0.25, 0.3) is 0 Å². The summed E-state index contributed by atoms with van der Waals surface area (Å²) in [5.74, 6) is 0.738. The fourth-order valence-corrected chi connectivity index (χ4v) is 2.66. The van der Waals surface area contributed by atoms with Crippen molar-refractivity contribution < 1.29 is 4.74 Å². The Bertz CT molecular complexity index is 302. The molecule has 1 atom stereocenters. The Morgan fingerprint density at radius 1 is 1.31 bits per heavy atom. The first-order chi connectivity index (χ1) is 7.72. The van der Waals surface area contributed by atoms with E-state index >= 15 is 0 Å². The third-order valence-electron chi connectivity index (χ3n) is 2.51. The standard InChI is InChI=1S/C13H18Br2O/c1-11(5-7-14)6-8-16-10-12-3-2-4-13(15)9-12/h2-4,9,11H,5-8,10H2,1H3. The third-order valence-corrected chi connectivity index (χ3v) is 3.47. The van der Waals surface area contributed by atoms with Gasteiger partial charge in [0.05, 0.1) is 6.61 Å². The number of ether oxygens (including phenoxy) is 1. The summed E-state index contributed by atoms with van der Waals surface area (Å²) in [6.07, 6.45) is 2.36. The molecular formula is C13H18Br2O. The lowest BCUT2D eigenvalue weighted by molar-refractivity contribution is 0.108. The maximum Gasteiger partial charge on any atom is 0.0717 e. The Morgan fingerprint density at radius 2 is 2.12 bits per heavy atom. The highest BCUT2D eigenvalue weighted by Gasteiger charge is 2.01. The molecule has 1 unspecified atom stereocenters. The summed E-state index contributed by atoms with van der Waals surface area (Å²) in [6, 6.07) is 8.26. The van der Waals surface area contributed by atoms with E-state index < -0.39 is 0 Å². The number of hydrogen-bond donors (Lipinski definition) is 0. The third kappa shape index (κ3) is 6.02. The molecule has 0 spiro atoms. The Labute approximate surface area is 115 Å². The zero-order valence-electron chi connectivity index (χ0n) is 9.59. The minimum Gasteiger partial charge on any atom is -0.377 e. The molecule has 0 aliphatic carbocycles. The van der Waals surface area contributed by atoms with E-state index in [1.54, 1.807) is 0 Å². The van der Waals surface area contributed by atoms with Gasteiger partial charge in [-0.15, -0.1) is 0 Å². The van der Waals surface area contributed by atoms with Crippen molar-refractivity contribution in [2.24, 2.45) is 5.92 Å². The molecule has 3 heteroatoms. The molecule has 0 amide bonds. The second-order valence-electron chi connectivity index (χ2n) is 4.05. The highest BCUT2D eigenvalue weighted by atomic mass is 79.9. The molecule has 1 rings (SSSR count). The van der Waals surface area contributed by atoms with E-state index in [-0.39, 0.29) is 0 Å². The van der Waals surface area contributed by atoms with Crippen LogP contribution in [0.25, 0.3) is 0 Å². The summed E-state index contributed by atoms with van der Waals surface area (Å²) in [7, 11) is 0. The number of benzene rings is 1. The maximum atomic E-state index is 5.66. The first-order valence-corrected chi connectivity index (χ1v) is 7.52. The fourth-order valence-electron chi connectivity index (χ4n) is 1.43. The van der Waals surface area contributed by atoms with Crippen LogP contribution in [0.15, 0.2) is 28.7 Å². The van der Waals surface area contributed by atoms with Gasteiger partial charge in [-0.05, 0) is 36.5 Å². The second-order valence-corrected chi connectivity index (χ2v) is 5.76. The molecule has 16 heavy (non-hydrogen) atoms. The molecule has 1 aromatic carbocycles. The van der Waals surface area contributed by atoms with Crippen molar-refractivity contribution in [1.82, 2.24) is 0 Å². The predicted molar refractivity (Wildman–Crippen MR) is 76.0 cm³/mol. The molecule has 0 aliphatic rings. The number of alkyl halides is 1. The first kappa shape index (κ1) is 14.2. The molecular weight excluding hydrogens is 332 g/mol. The normalized spacial score (nSPS) is 12.7. The monoisotopic (exact) mass is 348 g/mol. The Morgan fingerprint density at radius 3 is 2.81 bits per heavy atom. The van der Waals surface area contributed by atoms with Crippen LogP contribution in [0.4, 0.5) is 0 Å². The molecule has 0 saturated carbocycles. The van der Waals surface area contributed by atoms with E-state index in [4.69, 9.17) is 4.74 Å². The molecule has 0 saturated heterocycles. The molecule has 0 aliphatic heterocycles. The van der Waals surface area contributed by atoms with E-state index in [1.807, 2.05) is 12.1 Å². The summed E-state index contributed by atoms with van der Waals surface area (Å²) >= 11 is 6.91. The van der Waals surface area contributed by atoms with Crippen molar-refractivity contribution in [2.75, 3.05) is 11.9 Å². The van der Waals surface area contributed by atoms with Gasteiger partial charge >= 0.3 is 0 Å². The van der Waals surface area contributed by atoms with Crippen molar-refractivity contribution in [3.05, 3.63) is 34.3 Å². The molecule has 1 nitrogen and oxygen atoms in total. The van der Waals surface area contributed by atoms with Gasteiger partial charge in [0.1, 0.15) is 0 Å². The maximum absolute atomic E-state index is 5.66. The SMILES string of the molecule is CC(CCBr)CCOCc1cccc(Br)c1. The van der Waals surface area contributed by atoms with Gasteiger partial charge in [0, 0.05) is 16.4 Å². The molecule has 90 valence electrons. The molecule has 0 aromatic heterocycles. The van der Waals surface area contributed by atoms with Gasteiger partial charge in [-0.25, -0.2) is 0 Å². The average Bonchev–Trinajstić information content (AvgIpc) is 2.25. The van der Waals surface area contributed by atoms with Crippen LogP contribution < -0.4 is 0 Å². The fraction of sp³-hybridized carbons (Fsp3) is 0.538. The van der Waals surface area contributed by atoms with Crippen molar-refractivity contribution in [1.29, 1.82) is 0 Å². The van der Waals surface area contributed by atoms with Crippen LogP contribution in [0.3, 0.4) is 0 Å². The van der Waals surface area contributed by atoms with Crippen LogP contribution in [0.1, 0.15) is 25.3 Å². The van der Waals surface area contributed by atoms with Crippen molar-refractivity contribution in [2.45, 2.75) is 26.4 Å². The molecule has 1 aromatic rings. The lowest BCUT2D eigenvalue weighted by Gasteiger charge is -2.09. The number of rotatable bonds is 7. The summed E-state index contributed by atoms with van der Waals surface area (Å²) in [5.41, 5.74) is 1.22. The molecule has 0 fully saturated rings. The highest BCUT2D eigenvalue weighted by Crippen LogP contribution is 2.13. The Kier molecular flexibility index (Phi) is 7.33. The van der Waals surface area contributed by atoms with E-state index in [9.17, 15) is 0 Å². The highest BCUT2D eigenvalue weighted by molar-refractivity contribution is 9.10. The first-order valence-electron chi connectivity index (χ1n) is 5.60. The number of halogens is 2. The van der Waals surface area contributed by atoms with Crippen molar-refractivity contribution in [3.63, 3.8) is 0 Å². The van der Waals surface area contributed by atoms with Crippen LogP contribution >= 0.6 is 31.9 Å². The zero-order chi connectivity index (χ0) is 11.8. The number of hydrogen-bond acceptors (Lipinski definition) is 1. The molecule has 0 radical (unpaired) electrons. The van der Waals surface area contributed by atoms with Gasteiger partial charge in [-0.3, -0.25) is 0 Å². The average molecular weight is 350 g/mol. The van der Waals surface area contributed by atoms with Crippen molar-refractivity contribution >= 4 is 31.9 Å². The van der Waals surface area contributed by atoms with Gasteiger partial charge < -0.3 is 4.74 Å².